The first kappa shape index (κ1) is 30.0. The highest BCUT2D eigenvalue weighted by molar-refractivity contribution is 7.13. The number of piperazine rings is 1. The zero-order valence-electron chi connectivity index (χ0n) is 21.8. The van der Waals surface area contributed by atoms with Gasteiger partial charge in [-0.3, -0.25) is 0 Å². The summed E-state index contributed by atoms with van der Waals surface area (Å²) in [5.41, 5.74) is 6.56. The highest BCUT2D eigenvalue weighted by Gasteiger charge is 2.19. The van der Waals surface area contributed by atoms with Crippen LogP contribution in [-0.2, 0) is 14.1 Å². The van der Waals surface area contributed by atoms with Gasteiger partial charge in [-0.1, -0.05) is 0 Å². The van der Waals surface area contributed by atoms with Gasteiger partial charge in [0.15, 0.2) is 0 Å². The van der Waals surface area contributed by atoms with Crippen LogP contribution in [0, 0.1) is 13.8 Å². The predicted molar refractivity (Wildman–Crippen MR) is 146 cm³/mol. The molecule has 0 spiro atoms. The fourth-order valence-corrected chi connectivity index (χ4v) is 5.52. The standard InChI is InChI=1S/C26H30N8S2.2BrH/c1-19-17-21(5-7-23(19)27-29-25-31(3)13-15-35-25)33-9-11-34(12-10-33)22-6-8-24(20(2)18-22)28-30-26-32(4)14-16-36-26;;/h5-8,13-18H,9-12H2,1-4H3;2*1H/q+2;;/p-2. The van der Waals surface area contributed by atoms with E-state index in [1.54, 1.807) is 22.7 Å². The van der Waals surface area contributed by atoms with Crippen molar-refractivity contribution in [3.8, 4) is 0 Å². The van der Waals surface area contributed by atoms with E-state index in [4.69, 9.17) is 0 Å². The number of hydrogen-bond donors (Lipinski definition) is 0. The molecule has 38 heavy (non-hydrogen) atoms. The molecule has 2 aromatic heterocycles. The number of hydrogen-bond acceptors (Lipinski definition) is 8. The first-order chi connectivity index (χ1) is 17.5. The number of anilines is 2. The van der Waals surface area contributed by atoms with Crippen LogP contribution in [0.15, 0.2) is 80.0 Å². The van der Waals surface area contributed by atoms with Crippen LogP contribution in [0.4, 0.5) is 33.0 Å². The first-order valence-corrected chi connectivity index (χ1v) is 13.6. The molecule has 0 saturated carbocycles. The topological polar surface area (TPSA) is 63.7 Å². The van der Waals surface area contributed by atoms with Crippen molar-refractivity contribution in [2.24, 2.45) is 34.6 Å². The van der Waals surface area contributed by atoms with Crippen LogP contribution in [0.5, 0.6) is 0 Å². The van der Waals surface area contributed by atoms with Crippen molar-refractivity contribution >= 4 is 55.7 Å². The summed E-state index contributed by atoms with van der Waals surface area (Å²) in [7, 11) is 3.96. The van der Waals surface area contributed by atoms with Gasteiger partial charge in [0.05, 0.1) is 24.3 Å². The molecule has 1 aliphatic rings. The molecule has 8 nitrogen and oxygen atoms in total. The number of rotatable bonds is 6. The lowest BCUT2D eigenvalue weighted by atomic mass is 10.1. The Labute approximate surface area is 252 Å². The van der Waals surface area contributed by atoms with E-state index in [1.165, 1.54) is 11.4 Å². The molecule has 5 rings (SSSR count). The lowest BCUT2D eigenvalue weighted by Gasteiger charge is -2.37. The summed E-state index contributed by atoms with van der Waals surface area (Å²) in [5, 5.41) is 23.5. The van der Waals surface area contributed by atoms with Crippen LogP contribution in [-0.4, -0.2) is 26.2 Å². The third-order valence-corrected chi connectivity index (χ3v) is 8.05. The van der Waals surface area contributed by atoms with Gasteiger partial charge >= 0.3 is 10.3 Å². The zero-order valence-corrected chi connectivity index (χ0v) is 26.6. The molecule has 4 aromatic rings. The Bertz CT molecular complexity index is 1320. The highest BCUT2D eigenvalue weighted by atomic mass is 79.9. The molecule has 0 aliphatic carbocycles. The van der Waals surface area contributed by atoms with Gasteiger partial charge in [0.1, 0.15) is 23.8 Å². The summed E-state index contributed by atoms with van der Waals surface area (Å²) in [4.78, 5) is 4.89. The number of aryl methyl sites for hydroxylation is 4. The summed E-state index contributed by atoms with van der Waals surface area (Å²) >= 11 is 3.16. The predicted octanol–water partition coefficient (Wildman–Crippen LogP) is 0.241. The quantitative estimate of drug-likeness (QED) is 0.217. The minimum atomic E-state index is 0. The number of nitrogens with zero attached hydrogens (tertiary/aromatic N) is 8. The largest absolute Gasteiger partial charge is 1.00 e. The maximum Gasteiger partial charge on any atom is 0.408 e. The van der Waals surface area contributed by atoms with Gasteiger partial charge in [0.2, 0.25) is 0 Å². The normalized spacial score (nSPS) is 13.7. The van der Waals surface area contributed by atoms with Gasteiger partial charge in [0, 0.05) is 48.3 Å². The SMILES string of the molecule is Cc1cc(N2CCN(c3ccc(/N=N/c4scc[n+]4C)c(C)c3)CC2)ccc1/N=N/c1scc[n+]1C.[Br-].[Br-]. The number of benzene rings is 2. The number of aromatic nitrogens is 2. The summed E-state index contributed by atoms with van der Waals surface area (Å²) in [5.74, 6) is 0. The third-order valence-electron chi connectivity index (χ3n) is 6.38. The second-order valence-electron chi connectivity index (χ2n) is 8.91. The van der Waals surface area contributed by atoms with Crippen molar-refractivity contribution < 1.29 is 43.1 Å². The Morgan fingerprint density at radius 1 is 0.632 bits per heavy atom. The van der Waals surface area contributed by atoms with E-state index in [0.29, 0.717) is 0 Å². The lowest BCUT2D eigenvalue weighted by molar-refractivity contribution is -0.654. The maximum atomic E-state index is 4.47. The van der Waals surface area contributed by atoms with E-state index in [1.807, 2.05) is 46.4 Å². The molecule has 12 heteroatoms. The van der Waals surface area contributed by atoms with Crippen molar-refractivity contribution in [1.29, 1.82) is 0 Å². The molecule has 0 amide bonds. The maximum absolute atomic E-state index is 4.47. The molecule has 3 heterocycles. The van der Waals surface area contributed by atoms with Crippen LogP contribution in [0.25, 0.3) is 0 Å². The van der Waals surface area contributed by atoms with E-state index in [-0.39, 0.29) is 34.0 Å². The van der Waals surface area contributed by atoms with Gasteiger partial charge in [0.25, 0.3) is 0 Å². The lowest BCUT2D eigenvalue weighted by Crippen LogP contribution is -3.00. The van der Waals surface area contributed by atoms with E-state index in [0.717, 1.165) is 58.9 Å². The van der Waals surface area contributed by atoms with E-state index in [2.05, 4.69) is 80.5 Å². The Balaban J connectivity index is 0.00000200. The van der Waals surface area contributed by atoms with Gasteiger partial charge in [-0.25, -0.2) is 9.13 Å². The van der Waals surface area contributed by atoms with Crippen molar-refractivity contribution in [1.82, 2.24) is 0 Å². The van der Waals surface area contributed by atoms with Crippen LogP contribution in [0.2, 0.25) is 0 Å². The second-order valence-corrected chi connectivity index (χ2v) is 10.7. The summed E-state index contributed by atoms with van der Waals surface area (Å²) in [6.45, 7) is 8.09. The number of halogens is 2. The Kier molecular flexibility index (Phi) is 10.7. The van der Waals surface area contributed by atoms with Crippen molar-refractivity contribution in [2.45, 2.75) is 13.8 Å². The first-order valence-electron chi connectivity index (χ1n) is 11.9. The average Bonchev–Trinajstić information content (AvgIpc) is 3.49. The number of thiazole rings is 2. The second kappa shape index (κ2) is 13.5. The summed E-state index contributed by atoms with van der Waals surface area (Å²) in [6, 6.07) is 12.9. The molecule has 0 bridgehead atoms. The molecular formula is C26H30Br2N8S2. The molecule has 2 aromatic carbocycles. The summed E-state index contributed by atoms with van der Waals surface area (Å²) < 4.78 is 3.95. The van der Waals surface area contributed by atoms with Crippen LogP contribution in [0.3, 0.4) is 0 Å². The molecule has 1 aliphatic heterocycles. The van der Waals surface area contributed by atoms with Crippen LogP contribution < -0.4 is 52.9 Å². The van der Waals surface area contributed by atoms with Crippen LogP contribution in [0.1, 0.15) is 11.1 Å². The molecule has 1 saturated heterocycles. The van der Waals surface area contributed by atoms with Crippen molar-refractivity contribution in [2.75, 3.05) is 36.0 Å². The monoisotopic (exact) mass is 676 g/mol. The number of azo groups is 2. The average molecular weight is 679 g/mol. The van der Waals surface area contributed by atoms with E-state index >= 15 is 0 Å². The molecule has 0 radical (unpaired) electrons. The van der Waals surface area contributed by atoms with Gasteiger partial charge < -0.3 is 43.8 Å². The highest BCUT2D eigenvalue weighted by Crippen LogP contribution is 2.30. The van der Waals surface area contributed by atoms with Gasteiger partial charge in [-0.2, -0.15) is 0 Å². The third kappa shape index (κ3) is 6.90. The Morgan fingerprint density at radius 2 is 1.03 bits per heavy atom. The smallest absolute Gasteiger partial charge is 0.408 e. The zero-order chi connectivity index (χ0) is 25.1. The Hall–Kier alpha value is -2.54. The van der Waals surface area contributed by atoms with E-state index in [9.17, 15) is 0 Å². The molecule has 0 N–H and O–H groups in total. The van der Waals surface area contributed by atoms with E-state index < -0.39 is 0 Å². The minimum Gasteiger partial charge on any atom is -1.00 e. The fraction of sp³-hybridized carbons (Fsp3) is 0.308. The van der Waals surface area contributed by atoms with Crippen molar-refractivity contribution in [3.63, 3.8) is 0 Å². The molecule has 1 fully saturated rings. The Morgan fingerprint density at radius 3 is 1.34 bits per heavy atom. The van der Waals surface area contributed by atoms with Gasteiger partial charge in [-0.15, -0.1) is 0 Å². The van der Waals surface area contributed by atoms with Crippen molar-refractivity contribution in [3.05, 3.63) is 70.7 Å². The van der Waals surface area contributed by atoms with Crippen LogP contribution >= 0.6 is 22.7 Å². The fourth-order valence-electron chi connectivity index (χ4n) is 4.16. The minimum absolute atomic E-state index is 0. The molecular weight excluding hydrogens is 648 g/mol. The summed E-state index contributed by atoms with van der Waals surface area (Å²) in [6.07, 6.45) is 3.98. The molecule has 0 unspecified atom stereocenters. The molecule has 0 atom stereocenters. The molecule has 200 valence electrons. The van der Waals surface area contributed by atoms with Gasteiger partial charge in [-0.05, 0) is 94.3 Å².